The lowest BCUT2D eigenvalue weighted by Crippen LogP contribution is -2.41. The number of amides is 1. The van der Waals surface area contributed by atoms with E-state index < -0.39 is 0 Å². The molecule has 33 heavy (non-hydrogen) atoms. The van der Waals surface area contributed by atoms with Gasteiger partial charge in [0.2, 0.25) is 0 Å². The third-order valence-corrected chi connectivity index (χ3v) is 7.08. The van der Waals surface area contributed by atoms with Crippen molar-refractivity contribution in [2.24, 2.45) is 0 Å². The highest BCUT2D eigenvalue weighted by atomic mass is 32.1. The molecule has 0 spiro atoms. The van der Waals surface area contributed by atoms with Gasteiger partial charge in [-0.3, -0.25) is 4.79 Å². The van der Waals surface area contributed by atoms with Crippen LogP contribution in [0.15, 0.2) is 66.7 Å². The summed E-state index contributed by atoms with van der Waals surface area (Å²) < 4.78 is 13.2. The minimum atomic E-state index is 0.0472. The minimum absolute atomic E-state index is 0.0472. The molecule has 1 saturated heterocycles. The van der Waals surface area contributed by atoms with Crippen molar-refractivity contribution in [2.45, 2.75) is 32.8 Å². The highest BCUT2D eigenvalue weighted by Gasteiger charge is 2.25. The Balaban J connectivity index is 1.17. The van der Waals surface area contributed by atoms with Gasteiger partial charge in [0.05, 0.1) is 10.2 Å². The summed E-state index contributed by atoms with van der Waals surface area (Å²) >= 11 is 1.61. The average Bonchev–Trinajstić information content (AvgIpc) is 3.28. The van der Waals surface area contributed by atoms with Crippen LogP contribution < -0.4 is 9.47 Å². The van der Waals surface area contributed by atoms with Gasteiger partial charge in [0.25, 0.3) is 11.1 Å². The van der Waals surface area contributed by atoms with Crippen LogP contribution in [0.2, 0.25) is 0 Å². The molecule has 5 nitrogen and oxygen atoms in total. The molecule has 1 amide bonds. The number of ether oxygens (including phenoxy) is 2. The average molecular weight is 459 g/mol. The molecular formula is C27H26N2O3S. The zero-order valence-corrected chi connectivity index (χ0v) is 19.6. The number of hydrogen-bond donors (Lipinski definition) is 0. The van der Waals surface area contributed by atoms with Gasteiger partial charge < -0.3 is 14.4 Å². The van der Waals surface area contributed by atoms with Crippen molar-refractivity contribution in [2.75, 3.05) is 13.1 Å². The fraction of sp³-hybridized carbons (Fsp3) is 0.259. The number of fused-ring (bicyclic) bond motifs is 1. The van der Waals surface area contributed by atoms with E-state index in [9.17, 15) is 4.79 Å². The van der Waals surface area contributed by atoms with E-state index >= 15 is 0 Å². The normalized spacial score (nSPS) is 14.4. The van der Waals surface area contributed by atoms with Crippen molar-refractivity contribution in [1.82, 2.24) is 9.88 Å². The summed E-state index contributed by atoms with van der Waals surface area (Å²) in [5.41, 5.74) is 4.10. The van der Waals surface area contributed by atoms with Gasteiger partial charge in [-0.2, -0.15) is 0 Å². The minimum Gasteiger partial charge on any atom is -0.467 e. The van der Waals surface area contributed by atoms with E-state index in [-0.39, 0.29) is 12.0 Å². The van der Waals surface area contributed by atoms with Crippen molar-refractivity contribution in [3.05, 3.63) is 83.4 Å². The van der Waals surface area contributed by atoms with Gasteiger partial charge in [-0.15, -0.1) is 0 Å². The quantitative estimate of drug-likeness (QED) is 0.348. The van der Waals surface area contributed by atoms with E-state index in [1.54, 1.807) is 11.3 Å². The van der Waals surface area contributed by atoms with E-state index in [1.807, 2.05) is 59.5 Å². The highest BCUT2D eigenvalue weighted by Crippen LogP contribution is 2.33. The van der Waals surface area contributed by atoms with Crippen LogP contribution in [0.5, 0.6) is 16.7 Å². The summed E-state index contributed by atoms with van der Waals surface area (Å²) in [5, 5.41) is 0.723. The summed E-state index contributed by atoms with van der Waals surface area (Å²) in [6, 6.07) is 21.2. The molecular weight excluding hydrogens is 432 g/mol. The van der Waals surface area contributed by atoms with Crippen LogP contribution in [-0.4, -0.2) is 35.0 Å². The number of para-hydroxylation sites is 1. The maximum absolute atomic E-state index is 13.0. The number of nitrogens with zero attached hydrogens (tertiary/aromatic N) is 2. The summed E-state index contributed by atoms with van der Waals surface area (Å²) in [6.07, 6.45) is 1.68. The molecule has 0 radical (unpaired) electrons. The van der Waals surface area contributed by atoms with Gasteiger partial charge >= 0.3 is 0 Å². The molecule has 0 atom stereocenters. The van der Waals surface area contributed by atoms with Gasteiger partial charge in [0.1, 0.15) is 17.6 Å². The first kappa shape index (κ1) is 21.5. The first-order valence-electron chi connectivity index (χ1n) is 11.2. The molecule has 1 aliphatic heterocycles. The molecule has 168 valence electrons. The molecule has 1 aliphatic rings. The Morgan fingerprint density at radius 3 is 2.27 bits per heavy atom. The van der Waals surface area contributed by atoms with E-state index in [0.29, 0.717) is 24.4 Å². The fourth-order valence-electron chi connectivity index (χ4n) is 4.08. The summed E-state index contributed by atoms with van der Waals surface area (Å²) in [7, 11) is 0. The van der Waals surface area contributed by atoms with Crippen LogP contribution in [0.25, 0.3) is 10.2 Å². The lowest BCUT2D eigenvalue weighted by molar-refractivity contribution is 0.0595. The van der Waals surface area contributed by atoms with E-state index in [2.05, 4.69) is 26.0 Å². The topological polar surface area (TPSA) is 51.7 Å². The second kappa shape index (κ2) is 9.24. The summed E-state index contributed by atoms with van der Waals surface area (Å²) in [6.45, 7) is 5.54. The maximum atomic E-state index is 13.0. The zero-order valence-electron chi connectivity index (χ0n) is 18.8. The first-order valence-corrected chi connectivity index (χ1v) is 12.0. The fourth-order valence-corrected chi connectivity index (χ4v) is 5.11. The highest BCUT2D eigenvalue weighted by molar-refractivity contribution is 7.20. The number of hydrogen-bond acceptors (Lipinski definition) is 5. The number of piperidine rings is 1. The third-order valence-electron chi connectivity index (χ3n) is 6.00. The van der Waals surface area contributed by atoms with Crippen molar-refractivity contribution >= 4 is 27.5 Å². The lowest BCUT2D eigenvalue weighted by Gasteiger charge is -2.31. The maximum Gasteiger partial charge on any atom is 0.274 e. The van der Waals surface area contributed by atoms with Crippen molar-refractivity contribution < 1.29 is 14.3 Å². The number of carbonyl (C=O) groups excluding carboxylic acids is 1. The Hall–Kier alpha value is -3.38. The number of benzene rings is 3. The van der Waals surface area contributed by atoms with Gasteiger partial charge in [0, 0.05) is 31.5 Å². The number of rotatable bonds is 5. The lowest BCUT2D eigenvalue weighted by atomic mass is 10.1. The molecule has 0 unspecified atom stereocenters. The van der Waals surface area contributed by atoms with Crippen LogP contribution in [0.3, 0.4) is 0 Å². The van der Waals surface area contributed by atoms with Crippen LogP contribution in [-0.2, 0) is 0 Å². The predicted octanol–water partition coefficient (Wildman–Crippen LogP) is 6.39. The second-order valence-electron chi connectivity index (χ2n) is 8.41. The molecule has 4 aromatic rings. The van der Waals surface area contributed by atoms with Gasteiger partial charge in [-0.1, -0.05) is 41.7 Å². The predicted molar refractivity (Wildman–Crippen MR) is 132 cm³/mol. The molecule has 6 heteroatoms. The van der Waals surface area contributed by atoms with Gasteiger partial charge in [0.15, 0.2) is 0 Å². The van der Waals surface area contributed by atoms with Crippen LogP contribution in [0.1, 0.15) is 34.3 Å². The van der Waals surface area contributed by atoms with Crippen LogP contribution >= 0.6 is 11.3 Å². The standard InChI is InChI=1S/C27H26N2O3S/c1-18-8-9-19(2)25-24(18)28-27(33-25)32-23-14-16-29(17-15-23)26(30)20-10-12-22(13-11-20)31-21-6-4-3-5-7-21/h3-13,23H,14-17H2,1-2H3. The Bertz CT molecular complexity index is 1220. The molecule has 0 aliphatic carbocycles. The Kier molecular flexibility index (Phi) is 6.01. The molecule has 1 aromatic heterocycles. The Labute approximate surface area is 197 Å². The first-order chi connectivity index (χ1) is 16.1. The number of thiazole rings is 1. The zero-order chi connectivity index (χ0) is 22.8. The van der Waals surface area contributed by atoms with Crippen molar-refractivity contribution in [1.29, 1.82) is 0 Å². The molecule has 0 saturated carbocycles. The Morgan fingerprint density at radius 1 is 0.909 bits per heavy atom. The van der Waals surface area contributed by atoms with E-state index in [1.165, 1.54) is 15.8 Å². The van der Waals surface area contributed by atoms with Crippen LogP contribution in [0, 0.1) is 13.8 Å². The van der Waals surface area contributed by atoms with E-state index in [0.717, 1.165) is 29.3 Å². The number of carbonyl (C=O) groups is 1. The van der Waals surface area contributed by atoms with Crippen molar-refractivity contribution in [3.63, 3.8) is 0 Å². The molecule has 0 bridgehead atoms. The van der Waals surface area contributed by atoms with Crippen LogP contribution in [0.4, 0.5) is 0 Å². The van der Waals surface area contributed by atoms with Crippen molar-refractivity contribution in [3.8, 4) is 16.7 Å². The molecule has 3 aromatic carbocycles. The summed E-state index contributed by atoms with van der Waals surface area (Å²) in [4.78, 5) is 19.6. The smallest absolute Gasteiger partial charge is 0.274 e. The summed E-state index contributed by atoms with van der Waals surface area (Å²) in [5.74, 6) is 1.54. The molecule has 5 rings (SSSR count). The van der Waals surface area contributed by atoms with Gasteiger partial charge in [-0.25, -0.2) is 4.98 Å². The largest absolute Gasteiger partial charge is 0.467 e. The molecule has 1 fully saturated rings. The number of aryl methyl sites for hydroxylation is 2. The monoisotopic (exact) mass is 458 g/mol. The third kappa shape index (κ3) is 4.71. The second-order valence-corrected chi connectivity index (χ2v) is 9.37. The molecule has 0 N–H and O–H groups in total. The molecule has 2 heterocycles. The SMILES string of the molecule is Cc1ccc(C)c2sc(OC3CCN(C(=O)c4ccc(Oc5ccccc5)cc4)CC3)nc12. The van der Waals surface area contributed by atoms with Gasteiger partial charge in [-0.05, 0) is 61.4 Å². The Morgan fingerprint density at radius 2 is 1.58 bits per heavy atom. The van der Waals surface area contributed by atoms with E-state index in [4.69, 9.17) is 14.5 Å². The number of likely N-dealkylation sites (tertiary alicyclic amines) is 1. The number of aromatic nitrogens is 1.